The molecule has 0 aliphatic heterocycles. The van der Waals surface area contributed by atoms with Gasteiger partial charge < -0.3 is 4.74 Å². The molecule has 3 aromatic carbocycles. The van der Waals surface area contributed by atoms with E-state index in [1.165, 1.54) is 38.4 Å². The van der Waals surface area contributed by atoms with Crippen molar-refractivity contribution in [1.82, 2.24) is 15.2 Å². The van der Waals surface area contributed by atoms with Gasteiger partial charge in [-0.15, -0.1) is 0 Å². The minimum atomic E-state index is -3.68. The number of rotatable bonds is 6. The maximum atomic E-state index is 12.6. The van der Waals surface area contributed by atoms with E-state index in [-0.39, 0.29) is 10.5 Å². The van der Waals surface area contributed by atoms with Gasteiger partial charge in [-0.1, -0.05) is 30.3 Å². The zero-order valence-electron chi connectivity index (χ0n) is 18.2. The average Bonchev–Trinajstić information content (AvgIpc) is 2.80. The molecule has 0 saturated carbocycles. The van der Waals surface area contributed by atoms with Crippen LogP contribution in [0.15, 0.2) is 65.6 Å². The molecule has 2 amide bonds. The number of nitrogens with one attached hydrogen (secondary N) is 2. The molecule has 9 heteroatoms. The Morgan fingerprint density at radius 1 is 0.938 bits per heavy atom. The fourth-order valence-electron chi connectivity index (χ4n) is 3.10. The second-order valence-corrected chi connectivity index (χ2v) is 9.60. The van der Waals surface area contributed by atoms with Gasteiger partial charge in [0.05, 0.1) is 17.9 Å². The summed E-state index contributed by atoms with van der Waals surface area (Å²) in [6, 6.07) is 17.0. The summed E-state index contributed by atoms with van der Waals surface area (Å²) in [5.41, 5.74) is 5.65. The number of hydrazine groups is 1. The lowest BCUT2D eigenvalue weighted by molar-refractivity contribution is -0.123. The van der Waals surface area contributed by atoms with Crippen LogP contribution in [0.4, 0.5) is 0 Å². The van der Waals surface area contributed by atoms with E-state index in [0.717, 1.165) is 26.4 Å². The van der Waals surface area contributed by atoms with Crippen LogP contribution in [0.2, 0.25) is 0 Å². The molecule has 0 fully saturated rings. The fraction of sp³-hybridized carbons (Fsp3) is 0.217. The van der Waals surface area contributed by atoms with Crippen molar-refractivity contribution < 1.29 is 22.7 Å². The van der Waals surface area contributed by atoms with Gasteiger partial charge in [-0.25, -0.2) is 12.7 Å². The number of nitrogens with zero attached hydrogens (tertiary/aromatic N) is 1. The molecule has 0 aliphatic rings. The van der Waals surface area contributed by atoms with Gasteiger partial charge in [-0.2, -0.15) is 0 Å². The number of carbonyl (C=O) groups is 2. The van der Waals surface area contributed by atoms with E-state index in [2.05, 4.69) is 10.9 Å². The third-order valence-electron chi connectivity index (χ3n) is 5.14. The molecular weight excluding hydrogens is 430 g/mol. The zero-order chi connectivity index (χ0) is 23.5. The molecule has 0 spiro atoms. The number of fused-ring (bicyclic) bond motifs is 1. The van der Waals surface area contributed by atoms with Gasteiger partial charge in [-0.3, -0.25) is 20.4 Å². The Balaban J connectivity index is 1.69. The van der Waals surface area contributed by atoms with Crippen LogP contribution in [0.5, 0.6) is 5.75 Å². The lowest BCUT2D eigenvalue weighted by Crippen LogP contribution is -2.43. The van der Waals surface area contributed by atoms with E-state index in [0.29, 0.717) is 0 Å². The topological polar surface area (TPSA) is 105 Å². The molecule has 3 rings (SSSR count). The maximum Gasteiger partial charge on any atom is 0.269 e. The summed E-state index contributed by atoms with van der Waals surface area (Å²) in [5.74, 6) is -0.793. The second kappa shape index (κ2) is 9.37. The lowest BCUT2D eigenvalue weighted by Gasteiger charge is -2.15. The van der Waals surface area contributed by atoms with Crippen molar-refractivity contribution in [2.45, 2.75) is 17.7 Å². The van der Waals surface area contributed by atoms with Crippen LogP contribution in [0.1, 0.15) is 28.8 Å². The quantitative estimate of drug-likeness (QED) is 0.556. The van der Waals surface area contributed by atoms with Crippen molar-refractivity contribution in [2.24, 2.45) is 0 Å². The Hall–Kier alpha value is -3.43. The monoisotopic (exact) mass is 455 g/mol. The number of ether oxygens (including phenoxy) is 1. The Morgan fingerprint density at radius 2 is 1.62 bits per heavy atom. The highest BCUT2D eigenvalue weighted by atomic mass is 32.2. The number of hydrogen-bond donors (Lipinski definition) is 2. The lowest BCUT2D eigenvalue weighted by atomic mass is 9.97. The van der Waals surface area contributed by atoms with Crippen molar-refractivity contribution in [1.29, 1.82) is 0 Å². The molecule has 1 atom stereocenters. The van der Waals surface area contributed by atoms with Crippen LogP contribution in [0.3, 0.4) is 0 Å². The fourth-order valence-corrected chi connectivity index (χ4v) is 4.05. The highest BCUT2D eigenvalue weighted by molar-refractivity contribution is 7.89. The van der Waals surface area contributed by atoms with Gasteiger partial charge in [0.1, 0.15) is 5.75 Å². The standard InChI is InChI=1S/C23H25N3O5S/c1-15(16-8-9-18-13-20(31-4)11-10-17(18)12-16)22(27)24-25-23(28)19-6-5-7-21(14-19)32(29,30)26(2)3/h5-15H,1-4H3,(H,24,27)(H,25,28)/t15-/m0/s1. The third kappa shape index (κ3) is 4.90. The van der Waals surface area contributed by atoms with Crippen LogP contribution < -0.4 is 15.6 Å². The van der Waals surface area contributed by atoms with E-state index in [1.807, 2.05) is 36.4 Å². The van der Waals surface area contributed by atoms with Crippen molar-refractivity contribution in [3.05, 3.63) is 71.8 Å². The third-order valence-corrected chi connectivity index (χ3v) is 6.95. The highest BCUT2D eigenvalue weighted by Crippen LogP contribution is 2.25. The van der Waals surface area contributed by atoms with Crippen molar-refractivity contribution in [3.63, 3.8) is 0 Å². The molecule has 0 heterocycles. The number of hydrogen-bond acceptors (Lipinski definition) is 5. The largest absolute Gasteiger partial charge is 0.497 e. The van der Waals surface area contributed by atoms with Gasteiger partial charge in [0, 0.05) is 19.7 Å². The Bertz CT molecular complexity index is 1270. The summed E-state index contributed by atoms with van der Waals surface area (Å²) in [4.78, 5) is 25.0. The van der Waals surface area contributed by atoms with Crippen LogP contribution in [-0.4, -0.2) is 45.7 Å². The van der Waals surface area contributed by atoms with Crippen LogP contribution >= 0.6 is 0 Å². The number of sulfonamides is 1. The normalized spacial score (nSPS) is 12.4. The Morgan fingerprint density at radius 3 is 2.31 bits per heavy atom. The minimum absolute atomic E-state index is 0.0114. The number of carbonyl (C=O) groups excluding carboxylic acids is 2. The summed E-state index contributed by atoms with van der Waals surface area (Å²) < 4.78 is 30.8. The van der Waals surface area contributed by atoms with E-state index in [1.54, 1.807) is 14.0 Å². The zero-order valence-corrected chi connectivity index (χ0v) is 19.1. The molecule has 0 saturated heterocycles. The predicted octanol–water partition coefficient (Wildman–Crippen LogP) is 2.66. The summed E-state index contributed by atoms with van der Waals surface area (Å²) in [7, 11) is 0.746. The molecule has 0 radical (unpaired) electrons. The smallest absolute Gasteiger partial charge is 0.269 e. The van der Waals surface area contributed by atoms with E-state index < -0.39 is 27.8 Å². The summed E-state index contributed by atoms with van der Waals surface area (Å²) >= 11 is 0. The van der Waals surface area contributed by atoms with Gasteiger partial charge in [0.25, 0.3) is 5.91 Å². The van der Waals surface area contributed by atoms with Crippen molar-refractivity contribution >= 4 is 32.6 Å². The molecule has 2 N–H and O–H groups in total. The van der Waals surface area contributed by atoms with Gasteiger partial charge in [0.15, 0.2) is 0 Å². The molecule has 168 valence electrons. The Labute approximate surface area is 187 Å². The molecule has 8 nitrogen and oxygen atoms in total. The number of methoxy groups -OCH3 is 1. The SMILES string of the molecule is COc1ccc2cc([C@H](C)C(=O)NNC(=O)c3cccc(S(=O)(=O)N(C)C)c3)ccc2c1. The van der Waals surface area contributed by atoms with Crippen molar-refractivity contribution in [3.8, 4) is 5.75 Å². The molecule has 0 bridgehead atoms. The van der Waals surface area contributed by atoms with Gasteiger partial charge >= 0.3 is 0 Å². The molecule has 3 aromatic rings. The molecule has 0 unspecified atom stereocenters. The first kappa shape index (κ1) is 23.2. The molecule has 32 heavy (non-hydrogen) atoms. The Kier molecular flexibility index (Phi) is 6.81. The molecular formula is C23H25N3O5S. The first-order valence-corrected chi connectivity index (χ1v) is 11.3. The number of amides is 2. The summed E-state index contributed by atoms with van der Waals surface area (Å²) in [5, 5.41) is 1.95. The first-order valence-electron chi connectivity index (χ1n) is 9.84. The summed E-state index contributed by atoms with van der Waals surface area (Å²) in [6.45, 7) is 1.73. The van der Waals surface area contributed by atoms with Crippen LogP contribution in [0.25, 0.3) is 10.8 Å². The van der Waals surface area contributed by atoms with Gasteiger partial charge in [0.2, 0.25) is 15.9 Å². The second-order valence-electron chi connectivity index (χ2n) is 7.45. The van der Waals surface area contributed by atoms with Crippen molar-refractivity contribution in [2.75, 3.05) is 21.2 Å². The van der Waals surface area contributed by atoms with E-state index in [9.17, 15) is 18.0 Å². The van der Waals surface area contributed by atoms with E-state index >= 15 is 0 Å². The maximum absolute atomic E-state index is 12.6. The summed E-state index contributed by atoms with van der Waals surface area (Å²) in [6.07, 6.45) is 0. The molecule has 0 aliphatic carbocycles. The number of benzene rings is 3. The predicted molar refractivity (Wildman–Crippen MR) is 122 cm³/mol. The van der Waals surface area contributed by atoms with Crippen LogP contribution in [0, 0.1) is 0 Å². The van der Waals surface area contributed by atoms with Crippen LogP contribution in [-0.2, 0) is 14.8 Å². The average molecular weight is 456 g/mol. The van der Waals surface area contributed by atoms with Gasteiger partial charge in [-0.05, 0) is 53.6 Å². The van der Waals surface area contributed by atoms with E-state index in [4.69, 9.17) is 4.74 Å². The molecule has 0 aromatic heterocycles. The first-order chi connectivity index (χ1) is 15.1. The highest BCUT2D eigenvalue weighted by Gasteiger charge is 2.20. The minimum Gasteiger partial charge on any atom is -0.497 e.